The second-order valence-electron chi connectivity index (χ2n) is 6.57. The van der Waals surface area contributed by atoms with Gasteiger partial charge in [-0.3, -0.25) is 0 Å². The van der Waals surface area contributed by atoms with Crippen LogP contribution in [0.5, 0.6) is 0 Å². The van der Waals surface area contributed by atoms with Crippen molar-refractivity contribution in [2.24, 2.45) is 11.8 Å². The standard InChI is InChI=1S/C17H36O2Si/c1-5-7-8-13-17(16-11-9-10-12-16)15-20(18-3,19-4)14-6-2/h16-17H,5-15H2,1-4H3. The van der Waals surface area contributed by atoms with E-state index in [0.717, 1.165) is 17.9 Å². The highest BCUT2D eigenvalue weighted by molar-refractivity contribution is 6.67. The van der Waals surface area contributed by atoms with Gasteiger partial charge in [-0.05, 0) is 23.9 Å². The largest absolute Gasteiger partial charge is 0.398 e. The van der Waals surface area contributed by atoms with Gasteiger partial charge in [-0.25, -0.2) is 0 Å². The number of rotatable bonds is 11. The van der Waals surface area contributed by atoms with Gasteiger partial charge in [0, 0.05) is 14.2 Å². The van der Waals surface area contributed by atoms with Crippen molar-refractivity contribution in [2.75, 3.05) is 14.2 Å². The summed E-state index contributed by atoms with van der Waals surface area (Å²) in [6, 6.07) is 2.37. The van der Waals surface area contributed by atoms with Crippen LogP contribution in [-0.4, -0.2) is 22.8 Å². The summed E-state index contributed by atoms with van der Waals surface area (Å²) in [4.78, 5) is 0. The lowest BCUT2D eigenvalue weighted by atomic mass is 9.88. The lowest BCUT2D eigenvalue weighted by Gasteiger charge is -2.33. The van der Waals surface area contributed by atoms with E-state index in [9.17, 15) is 0 Å². The first-order chi connectivity index (χ1) is 9.71. The fourth-order valence-electron chi connectivity index (χ4n) is 3.93. The molecule has 0 amide bonds. The van der Waals surface area contributed by atoms with E-state index in [1.54, 1.807) is 0 Å². The Labute approximate surface area is 127 Å². The lowest BCUT2D eigenvalue weighted by molar-refractivity contribution is 0.217. The summed E-state index contributed by atoms with van der Waals surface area (Å²) in [5.41, 5.74) is 0. The van der Waals surface area contributed by atoms with Crippen molar-refractivity contribution >= 4 is 8.56 Å². The van der Waals surface area contributed by atoms with Crippen molar-refractivity contribution in [1.29, 1.82) is 0 Å². The van der Waals surface area contributed by atoms with E-state index < -0.39 is 8.56 Å². The van der Waals surface area contributed by atoms with Crippen molar-refractivity contribution in [1.82, 2.24) is 0 Å². The first-order valence-electron chi connectivity index (χ1n) is 8.81. The highest BCUT2D eigenvalue weighted by atomic mass is 28.4. The molecule has 0 aromatic rings. The van der Waals surface area contributed by atoms with Gasteiger partial charge in [-0.1, -0.05) is 71.6 Å². The lowest BCUT2D eigenvalue weighted by Crippen LogP contribution is -2.42. The molecule has 0 radical (unpaired) electrons. The molecule has 1 aliphatic rings. The van der Waals surface area contributed by atoms with Gasteiger partial charge in [0.2, 0.25) is 0 Å². The minimum Gasteiger partial charge on any atom is -0.398 e. The Morgan fingerprint density at radius 1 is 1.00 bits per heavy atom. The topological polar surface area (TPSA) is 18.5 Å². The molecule has 1 rings (SSSR count). The summed E-state index contributed by atoms with van der Waals surface area (Å²) >= 11 is 0. The Hall–Kier alpha value is 0.137. The Balaban J connectivity index is 2.64. The molecule has 20 heavy (non-hydrogen) atoms. The normalized spacial score (nSPS) is 18.6. The van der Waals surface area contributed by atoms with Gasteiger partial charge >= 0.3 is 8.56 Å². The van der Waals surface area contributed by atoms with Gasteiger partial charge in [-0.2, -0.15) is 0 Å². The quantitative estimate of drug-likeness (QED) is 0.369. The van der Waals surface area contributed by atoms with Gasteiger partial charge in [0.15, 0.2) is 0 Å². The maximum atomic E-state index is 5.94. The Kier molecular flexibility index (Phi) is 9.06. The molecular formula is C17H36O2Si. The first-order valence-corrected chi connectivity index (χ1v) is 11.0. The molecule has 3 heteroatoms. The number of unbranched alkanes of at least 4 members (excludes halogenated alkanes) is 2. The van der Waals surface area contributed by atoms with Crippen LogP contribution >= 0.6 is 0 Å². The molecule has 0 N–H and O–H groups in total. The molecule has 0 bridgehead atoms. The molecule has 2 nitrogen and oxygen atoms in total. The van der Waals surface area contributed by atoms with E-state index in [1.165, 1.54) is 63.8 Å². The minimum absolute atomic E-state index is 0.849. The van der Waals surface area contributed by atoms with Crippen LogP contribution in [0.1, 0.15) is 71.6 Å². The van der Waals surface area contributed by atoms with Gasteiger partial charge in [-0.15, -0.1) is 0 Å². The highest BCUT2D eigenvalue weighted by Gasteiger charge is 2.39. The zero-order valence-electron chi connectivity index (χ0n) is 14.2. The molecule has 1 unspecified atom stereocenters. The van der Waals surface area contributed by atoms with Gasteiger partial charge in [0.05, 0.1) is 0 Å². The monoisotopic (exact) mass is 300 g/mol. The molecule has 1 saturated carbocycles. The van der Waals surface area contributed by atoms with Crippen LogP contribution in [0.4, 0.5) is 0 Å². The van der Waals surface area contributed by atoms with Gasteiger partial charge < -0.3 is 8.85 Å². The molecule has 0 heterocycles. The molecule has 0 aliphatic heterocycles. The fraction of sp³-hybridized carbons (Fsp3) is 1.00. The van der Waals surface area contributed by atoms with Crippen LogP contribution in [0.15, 0.2) is 0 Å². The van der Waals surface area contributed by atoms with E-state index >= 15 is 0 Å². The van der Waals surface area contributed by atoms with Crippen molar-refractivity contribution in [3.63, 3.8) is 0 Å². The van der Waals surface area contributed by atoms with E-state index in [1.807, 2.05) is 14.2 Å². The average molecular weight is 301 g/mol. The SMILES string of the molecule is CCCCCC(C[Si](CCC)(OC)OC)C1CCCC1. The molecule has 0 saturated heterocycles. The third-order valence-electron chi connectivity index (χ3n) is 5.19. The summed E-state index contributed by atoms with van der Waals surface area (Å²) in [5, 5.41) is 0. The summed E-state index contributed by atoms with van der Waals surface area (Å²) in [6.45, 7) is 4.55. The molecule has 120 valence electrons. The molecule has 0 aromatic carbocycles. The smallest absolute Gasteiger partial charge is 0.337 e. The van der Waals surface area contributed by atoms with E-state index in [0.29, 0.717) is 0 Å². The van der Waals surface area contributed by atoms with E-state index in [4.69, 9.17) is 8.85 Å². The van der Waals surface area contributed by atoms with Crippen LogP contribution in [0.3, 0.4) is 0 Å². The molecule has 1 fully saturated rings. The van der Waals surface area contributed by atoms with Crippen molar-refractivity contribution < 1.29 is 8.85 Å². The number of hydrogen-bond donors (Lipinski definition) is 0. The van der Waals surface area contributed by atoms with Crippen molar-refractivity contribution in [2.45, 2.75) is 83.7 Å². The summed E-state index contributed by atoms with van der Waals surface area (Å²) in [7, 11) is 1.82. The maximum Gasteiger partial charge on any atom is 0.337 e. The maximum absolute atomic E-state index is 5.94. The van der Waals surface area contributed by atoms with Gasteiger partial charge in [0.25, 0.3) is 0 Å². The first kappa shape index (κ1) is 18.2. The zero-order valence-corrected chi connectivity index (χ0v) is 15.2. The average Bonchev–Trinajstić information content (AvgIpc) is 2.99. The van der Waals surface area contributed by atoms with E-state index in [2.05, 4.69) is 13.8 Å². The van der Waals surface area contributed by atoms with E-state index in [-0.39, 0.29) is 0 Å². The Morgan fingerprint density at radius 2 is 1.65 bits per heavy atom. The summed E-state index contributed by atoms with van der Waals surface area (Å²) in [5.74, 6) is 1.79. The second kappa shape index (κ2) is 9.96. The van der Waals surface area contributed by atoms with Crippen LogP contribution in [0.25, 0.3) is 0 Å². The molecular weight excluding hydrogens is 264 g/mol. The number of hydrogen-bond acceptors (Lipinski definition) is 2. The highest BCUT2D eigenvalue weighted by Crippen LogP contribution is 2.39. The third kappa shape index (κ3) is 5.49. The predicted molar refractivity (Wildman–Crippen MR) is 89.3 cm³/mol. The summed E-state index contributed by atoms with van der Waals surface area (Å²) in [6.07, 6.45) is 12.4. The van der Waals surface area contributed by atoms with Crippen molar-refractivity contribution in [3.8, 4) is 0 Å². The van der Waals surface area contributed by atoms with Crippen LogP contribution < -0.4 is 0 Å². The zero-order chi connectivity index (χ0) is 14.8. The van der Waals surface area contributed by atoms with Crippen LogP contribution in [0, 0.1) is 11.8 Å². The second-order valence-corrected chi connectivity index (χ2v) is 10.1. The van der Waals surface area contributed by atoms with Crippen LogP contribution in [0.2, 0.25) is 12.1 Å². The Morgan fingerprint density at radius 3 is 2.15 bits per heavy atom. The predicted octanol–water partition coefficient (Wildman–Crippen LogP) is 5.52. The molecule has 0 spiro atoms. The fourth-order valence-corrected chi connectivity index (χ4v) is 7.14. The van der Waals surface area contributed by atoms with Crippen molar-refractivity contribution in [3.05, 3.63) is 0 Å². The molecule has 0 aromatic heterocycles. The van der Waals surface area contributed by atoms with Crippen LogP contribution in [-0.2, 0) is 8.85 Å². The summed E-state index contributed by atoms with van der Waals surface area (Å²) < 4.78 is 11.9. The molecule has 1 aliphatic carbocycles. The Bertz CT molecular complexity index is 235. The molecule has 1 atom stereocenters. The minimum atomic E-state index is -1.93. The van der Waals surface area contributed by atoms with Gasteiger partial charge in [0.1, 0.15) is 0 Å². The third-order valence-corrected chi connectivity index (χ3v) is 9.09.